The molecule has 0 unspecified atom stereocenters. The molecule has 0 radical (unpaired) electrons. The zero-order valence-electron chi connectivity index (χ0n) is 9.96. The molecule has 98 valence electrons. The molecule has 0 aliphatic heterocycles. The fourth-order valence-corrected chi connectivity index (χ4v) is 1.92. The van der Waals surface area contributed by atoms with Crippen LogP contribution in [-0.2, 0) is 6.18 Å². The third kappa shape index (κ3) is 2.86. The minimum Gasteiger partial charge on any atom is -0.493 e. The molecular formula is C14H15F3O. The van der Waals surface area contributed by atoms with Gasteiger partial charge in [-0.2, -0.15) is 13.2 Å². The molecular weight excluding hydrogens is 241 g/mol. The SMILES string of the molecule is C=Cc1ccc(OCC2CCC2)cc1C(F)(F)F. The lowest BCUT2D eigenvalue weighted by Gasteiger charge is -2.25. The average molecular weight is 256 g/mol. The smallest absolute Gasteiger partial charge is 0.417 e. The molecule has 1 aliphatic carbocycles. The lowest BCUT2D eigenvalue weighted by molar-refractivity contribution is -0.137. The molecule has 18 heavy (non-hydrogen) atoms. The maximum absolute atomic E-state index is 12.8. The zero-order valence-corrected chi connectivity index (χ0v) is 9.96. The summed E-state index contributed by atoms with van der Waals surface area (Å²) in [5.41, 5.74) is -0.609. The van der Waals surface area contributed by atoms with Crippen LogP contribution in [0.4, 0.5) is 13.2 Å². The molecule has 0 heterocycles. The highest BCUT2D eigenvalue weighted by Gasteiger charge is 2.33. The molecule has 1 aliphatic rings. The summed E-state index contributed by atoms with van der Waals surface area (Å²) in [4.78, 5) is 0. The van der Waals surface area contributed by atoms with Gasteiger partial charge in [0, 0.05) is 0 Å². The minimum atomic E-state index is -4.38. The van der Waals surface area contributed by atoms with Crippen molar-refractivity contribution < 1.29 is 17.9 Å². The molecule has 4 heteroatoms. The Morgan fingerprint density at radius 1 is 1.33 bits per heavy atom. The maximum atomic E-state index is 12.8. The number of rotatable bonds is 4. The molecule has 1 fully saturated rings. The molecule has 2 rings (SSSR count). The second-order valence-corrected chi connectivity index (χ2v) is 4.56. The molecule has 1 aromatic carbocycles. The summed E-state index contributed by atoms with van der Waals surface area (Å²) in [6.07, 6.45) is 0.239. The van der Waals surface area contributed by atoms with Gasteiger partial charge in [-0.05, 0) is 36.5 Å². The van der Waals surface area contributed by atoms with Crippen molar-refractivity contribution in [2.75, 3.05) is 6.61 Å². The first-order valence-electron chi connectivity index (χ1n) is 5.97. The second-order valence-electron chi connectivity index (χ2n) is 4.56. The normalized spacial score (nSPS) is 16.2. The Bertz CT molecular complexity index is 433. The summed E-state index contributed by atoms with van der Waals surface area (Å²) in [7, 11) is 0. The number of alkyl halides is 3. The van der Waals surface area contributed by atoms with Crippen molar-refractivity contribution in [2.24, 2.45) is 5.92 Å². The molecule has 0 amide bonds. The molecule has 0 aromatic heterocycles. The van der Waals surface area contributed by atoms with Crippen molar-refractivity contribution in [1.29, 1.82) is 0 Å². The van der Waals surface area contributed by atoms with Gasteiger partial charge in [0.05, 0.1) is 12.2 Å². The molecule has 1 saturated carbocycles. The lowest BCUT2D eigenvalue weighted by atomic mass is 9.86. The summed E-state index contributed by atoms with van der Waals surface area (Å²) in [6.45, 7) is 3.90. The van der Waals surface area contributed by atoms with E-state index in [0.29, 0.717) is 12.5 Å². The highest BCUT2D eigenvalue weighted by Crippen LogP contribution is 2.35. The third-order valence-corrected chi connectivity index (χ3v) is 3.26. The van der Waals surface area contributed by atoms with E-state index in [2.05, 4.69) is 6.58 Å². The van der Waals surface area contributed by atoms with Crippen LogP contribution in [0.25, 0.3) is 6.08 Å². The Morgan fingerprint density at radius 2 is 2.06 bits per heavy atom. The fourth-order valence-electron chi connectivity index (χ4n) is 1.92. The number of halogens is 3. The van der Waals surface area contributed by atoms with E-state index >= 15 is 0 Å². The van der Waals surface area contributed by atoms with E-state index in [9.17, 15) is 13.2 Å². The maximum Gasteiger partial charge on any atom is 0.417 e. The Kier molecular flexibility index (Phi) is 3.64. The van der Waals surface area contributed by atoms with Crippen LogP contribution < -0.4 is 4.74 Å². The van der Waals surface area contributed by atoms with E-state index < -0.39 is 11.7 Å². The molecule has 0 bridgehead atoms. The van der Waals surface area contributed by atoms with Gasteiger partial charge in [0.1, 0.15) is 5.75 Å². The van der Waals surface area contributed by atoms with Gasteiger partial charge < -0.3 is 4.74 Å². The zero-order chi connectivity index (χ0) is 13.2. The van der Waals surface area contributed by atoms with E-state index in [1.165, 1.54) is 18.6 Å². The summed E-state index contributed by atoms with van der Waals surface area (Å²) < 4.78 is 43.8. The first-order valence-corrected chi connectivity index (χ1v) is 5.97. The van der Waals surface area contributed by atoms with Gasteiger partial charge in [0.2, 0.25) is 0 Å². The highest BCUT2D eigenvalue weighted by atomic mass is 19.4. The van der Waals surface area contributed by atoms with Gasteiger partial charge in [0.15, 0.2) is 0 Å². The van der Waals surface area contributed by atoms with Gasteiger partial charge >= 0.3 is 6.18 Å². The van der Waals surface area contributed by atoms with Gasteiger partial charge in [-0.3, -0.25) is 0 Å². The van der Waals surface area contributed by atoms with Crippen LogP contribution in [0.2, 0.25) is 0 Å². The first-order chi connectivity index (χ1) is 8.50. The number of benzene rings is 1. The molecule has 0 saturated heterocycles. The molecule has 0 atom stereocenters. The van der Waals surface area contributed by atoms with Gasteiger partial charge in [0.25, 0.3) is 0 Å². The first kappa shape index (κ1) is 13.0. The Balaban J connectivity index is 2.14. The number of ether oxygens (including phenoxy) is 1. The molecule has 0 spiro atoms. The lowest BCUT2D eigenvalue weighted by Crippen LogP contribution is -2.19. The van der Waals surface area contributed by atoms with Crippen LogP contribution in [0.5, 0.6) is 5.75 Å². The fraction of sp³-hybridized carbons (Fsp3) is 0.429. The van der Waals surface area contributed by atoms with Crippen LogP contribution in [0.1, 0.15) is 30.4 Å². The molecule has 1 aromatic rings. The van der Waals surface area contributed by atoms with E-state index in [1.807, 2.05) is 0 Å². The van der Waals surface area contributed by atoms with Crippen LogP contribution in [0.15, 0.2) is 24.8 Å². The summed E-state index contributed by atoms with van der Waals surface area (Å²) in [5.74, 6) is 0.776. The van der Waals surface area contributed by atoms with Gasteiger partial charge in [-0.1, -0.05) is 25.1 Å². The van der Waals surface area contributed by atoms with Crippen molar-refractivity contribution in [3.8, 4) is 5.75 Å². The van der Waals surface area contributed by atoms with Crippen LogP contribution in [0, 0.1) is 5.92 Å². The summed E-state index contributed by atoms with van der Waals surface area (Å²) in [5, 5.41) is 0. The Hall–Kier alpha value is -1.45. The Morgan fingerprint density at radius 3 is 2.56 bits per heavy atom. The quantitative estimate of drug-likeness (QED) is 0.769. The van der Waals surface area contributed by atoms with E-state index in [-0.39, 0.29) is 11.3 Å². The largest absolute Gasteiger partial charge is 0.493 e. The van der Waals surface area contributed by atoms with Gasteiger partial charge in [-0.25, -0.2) is 0 Å². The molecule has 1 nitrogen and oxygen atoms in total. The third-order valence-electron chi connectivity index (χ3n) is 3.26. The Labute approximate surface area is 104 Å². The van der Waals surface area contributed by atoms with Crippen molar-refractivity contribution in [2.45, 2.75) is 25.4 Å². The predicted octanol–water partition coefficient (Wildman–Crippen LogP) is 4.53. The topological polar surface area (TPSA) is 9.23 Å². The predicted molar refractivity (Wildman–Crippen MR) is 64.4 cm³/mol. The van der Waals surface area contributed by atoms with Crippen LogP contribution in [-0.4, -0.2) is 6.61 Å². The minimum absolute atomic E-state index is 0.0819. The van der Waals surface area contributed by atoms with Crippen molar-refractivity contribution in [3.63, 3.8) is 0 Å². The summed E-state index contributed by atoms with van der Waals surface area (Å²) in [6, 6.07) is 4.01. The average Bonchev–Trinajstić information content (AvgIpc) is 2.25. The van der Waals surface area contributed by atoms with Crippen LogP contribution in [0.3, 0.4) is 0 Å². The number of hydrogen-bond acceptors (Lipinski definition) is 1. The van der Waals surface area contributed by atoms with Gasteiger partial charge in [-0.15, -0.1) is 0 Å². The highest BCUT2D eigenvalue weighted by molar-refractivity contribution is 5.55. The number of hydrogen-bond donors (Lipinski definition) is 0. The molecule has 0 N–H and O–H groups in total. The van der Waals surface area contributed by atoms with Crippen molar-refractivity contribution in [1.82, 2.24) is 0 Å². The van der Waals surface area contributed by atoms with E-state index in [0.717, 1.165) is 18.9 Å². The summed E-state index contributed by atoms with van der Waals surface area (Å²) >= 11 is 0. The van der Waals surface area contributed by atoms with E-state index in [4.69, 9.17) is 4.74 Å². The van der Waals surface area contributed by atoms with Crippen LogP contribution >= 0.6 is 0 Å². The van der Waals surface area contributed by atoms with Crippen molar-refractivity contribution in [3.05, 3.63) is 35.9 Å². The monoisotopic (exact) mass is 256 g/mol. The second kappa shape index (κ2) is 5.04. The van der Waals surface area contributed by atoms with E-state index in [1.54, 1.807) is 6.07 Å². The van der Waals surface area contributed by atoms with Crippen molar-refractivity contribution >= 4 is 6.08 Å². The standard InChI is InChI=1S/C14H15F3O/c1-2-11-6-7-12(8-13(11)14(15,16)17)18-9-10-4-3-5-10/h2,6-8,10H,1,3-5,9H2.